The Hall–Kier alpha value is -0.670. The summed E-state index contributed by atoms with van der Waals surface area (Å²) in [6, 6.07) is 9.58. The Labute approximate surface area is 116 Å². The van der Waals surface area contributed by atoms with Gasteiger partial charge in [0.1, 0.15) is 5.78 Å². The summed E-state index contributed by atoms with van der Waals surface area (Å²) in [7, 11) is -1.51. The lowest BCUT2D eigenvalue weighted by molar-refractivity contribution is 0.134. The summed E-state index contributed by atoms with van der Waals surface area (Å²) in [5, 5.41) is 3.06. The van der Waals surface area contributed by atoms with E-state index in [1.165, 1.54) is 0 Å². The Morgan fingerprint density at radius 3 is 1.84 bits per heavy atom. The molecule has 0 aliphatic rings. The van der Waals surface area contributed by atoms with Gasteiger partial charge in [0.25, 0.3) is 0 Å². The van der Waals surface area contributed by atoms with Gasteiger partial charge in [-0.1, -0.05) is 30.3 Å². The molecule has 0 aromatic heterocycles. The van der Waals surface area contributed by atoms with Crippen LogP contribution in [-0.4, -0.2) is 19.3 Å². The summed E-state index contributed by atoms with van der Waals surface area (Å²) in [4.78, 5) is 0. The smallest absolute Gasteiger partial charge is 0.304 e. The summed E-state index contributed by atoms with van der Waals surface area (Å²) in [5.74, 6) is -0.460. The second-order valence-electron chi connectivity index (χ2n) is 4.95. The largest absolute Gasteiger partial charge is 0.352 e. The highest BCUT2D eigenvalue weighted by atomic mass is 31.2. The van der Waals surface area contributed by atoms with Crippen molar-refractivity contribution in [2.45, 2.75) is 45.7 Å². The molecule has 0 fully saturated rings. The van der Waals surface area contributed by atoms with Gasteiger partial charge >= 0.3 is 7.60 Å². The van der Waals surface area contributed by atoms with Gasteiger partial charge in [-0.25, -0.2) is 0 Å². The fourth-order valence-electron chi connectivity index (χ4n) is 1.88. The highest BCUT2D eigenvalue weighted by Crippen LogP contribution is 2.60. The van der Waals surface area contributed by atoms with Crippen molar-refractivity contribution in [3.63, 3.8) is 0 Å². The standard InChI is InChI=1S/C14H24NO3P/c1-11(2)17-19(16,18-12(3)4)14(15-5)13-9-7-6-8-10-13/h6-12,14-15H,1-5H3. The zero-order valence-corrected chi connectivity index (χ0v) is 13.2. The molecular weight excluding hydrogens is 261 g/mol. The zero-order valence-electron chi connectivity index (χ0n) is 12.3. The van der Waals surface area contributed by atoms with Crippen LogP contribution < -0.4 is 5.32 Å². The molecule has 4 nitrogen and oxygen atoms in total. The molecule has 108 valence electrons. The van der Waals surface area contributed by atoms with Crippen molar-refractivity contribution in [3.8, 4) is 0 Å². The molecule has 0 heterocycles. The van der Waals surface area contributed by atoms with Crippen molar-refractivity contribution in [3.05, 3.63) is 35.9 Å². The second-order valence-corrected chi connectivity index (χ2v) is 6.97. The molecule has 0 saturated heterocycles. The normalized spacial score (nSPS) is 14.1. The maximum absolute atomic E-state index is 13.1. The number of nitrogens with one attached hydrogen (secondary N) is 1. The van der Waals surface area contributed by atoms with Gasteiger partial charge in [-0.15, -0.1) is 0 Å². The molecule has 19 heavy (non-hydrogen) atoms. The minimum absolute atomic E-state index is 0.163. The number of rotatable bonds is 7. The van der Waals surface area contributed by atoms with E-state index in [0.29, 0.717) is 0 Å². The van der Waals surface area contributed by atoms with Gasteiger partial charge in [0.05, 0.1) is 12.2 Å². The number of hydrogen-bond donors (Lipinski definition) is 1. The van der Waals surface area contributed by atoms with Crippen LogP contribution in [0.25, 0.3) is 0 Å². The van der Waals surface area contributed by atoms with Crippen molar-refractivity contribution < 1.29 is 13.6 Å². The van der Waals surface area contributed by atoms with Gasteiger partial charge in [-0.05, 0) is 40.3 Å². The summed E-state index contributed by atoms with van der Waals surface area (Å²) < 4.78 is 24.3. The first-order chi connectivity index (χ1) is 8.89. The fourth-order valence-corrected chi connectivity index (χ4v) is 4.20. The SMILES string of the molecule is CNC(c1ccccc1)P(=O)(OC(C)C)OC(C)C. The van der Waals surface area contributed by atoms with Crippen LogP contribution in [0, 0.1) is 0 Å². The predicted octanol–water partition coefficient (Wildman–Crippen LogP) is 3.95. The van der Waals surface area contributed by atoms with Gasteiger partial charge in [0.15, 0.2) is 0 Å². The van der Waals surface area contributed by atoms with Crippen molar-refractivity contribution in [2.75, 3.05) is 7.05 Å². The summed E-state index contributed by atoms with van der Waals surface area (Å²) >= 11 is 0. The molecule has 1 aromatic rings. The lowest BCUT2D eigenvalue weighted by Crippen LogP contribution is -2.22. The molecule has 5 heteroatoms. The Morgan fingerprint density at radius 1 is 1.00 bits per heavy atom. The van der Waals surface area contributed by atoms with Crippen LogP contribution in [0.3, 0.4) is 0 Å². The van der Waals surface area contributed by atoms with Crippen LogP contribution in [0.2, 0.25) is 0 Å². The summed E-state index contributed by atoms with van der Waals surface area (Å²) in [6.45, 7) is 7.42. The number of benzene rings is 1. The molecule has 1 rings (SSSR count). The zero-order chi connectivity index (χ0) is 14.5. The Balaban J connectivity index is 3.10. The molecule has 0 amide bonds. The minimum atomic E-state index is -3.27. The first kappa shape index (κ1) is 16.4. The third kappa shape index (κ3) is 4.73. The Kier molecular flexibility index (Phi) is 6.21. The van der Waals surface area contributed by atoms with Crippen LogP contribution in [0.15, 0.2) is 30.3 Å². The van der Waals surface area contributed by atoms with Crippen LogP contribution in [0.1, 0.15) is 39.0 Å². The van der Waals surface area contributed by atoms with Crippen LogP contribution >= 0.6 is 7.60 Å². The maximum atomic E-state index is 13.1. The monoisotopic (exact) mass is 285 g/mol. The first-order valence-electron chi connectivity index (χ1n) is 6.57. The summed E-state index contributed by atoms with van der Waals surface area (Å²) in [5.41, 5.74) is 0.898. The van der Waals surface area contributed by atoms with E-state index < -0.39 is 13.4 Å². The quantitative estimate of drug-likeness (QED) is 0.771. The molecule has 1 atom stereocenters. The predicted molar refractivity (Wildman–Crippen MR) is 78.3 cm³/mol. The van der Waals surface area contributed by atoms with E-state index in [1.54, 1.807) is 7.05 Å². The van der Waals surface area contributed by atoms with Crippen molar-refractivity contribution in [1.82, 2.24) is 5.32 Å². The minimum Gasteiger partial charge on any atom is -0.304 e. The maximum Gasteiger partial charge on any atom is 0.352 e. The first-order valence-corrected chi connectivity index (χ1v) is 8.19. The molecule has 0 spiro atoms. The molecule has 0 bridgehead atoms. The second kappa shape index (κ2) is 7.20. The van der Waals surface area contributed by atoms with Crippen LogP contribution in [-0.2, 0) is 13.6 Å². The molecule has 0 saturated carbocycles. The lowest BCUT2D eigenvalue weighted by Gasteiger charge is -2.29. The number of hydrogen-bond acceptors (Lipinski definition) is 4. The summed E-state index contributed by atoms with van der Waals surface area (Å²) in [6.07, 6.45) is -0.326. The van der Waals surface area contributed by atoms with Crippen molar-refractivity contribution in [1.29, 1.82) is 0 Å². The van der Waals surface area contributed by atoms with Gasteiger partial charge in [0.2, 0.25) is 0 Å². The Bertz CT molecular complexity index is 406. The molecule has 1 unspecified atom stereocenters. The van der Waals surface area contributed by atoms with Gasteiger partial charge < -0.3 is 14.4 Å². The highest BCUT2D eigenvalue weighted by molar-refractivity contribution is 7.54. The van der Waals surface area contributed by atoms with Gasteiger partial charge in [-0.2, -0.15) is 0 Å². The van der Waals surface area contributed by atoms with E-state index in [2.05, 4.69) is 5.32 Å². The molecule has 1 N–H and O–H groups in total. The van der Waals surface area contributed by atoms with E-state index in [0.717, 1.165) is 5.56 Å². The molecule has 0 aliphatic carbocycles. The van der Waals surface area contributed by atoms with E-state index in [-0.39, 0.29) is 12.2 Å². The molecule has 0 radical (unpaired) electrons. The van der Waals surface area contributed by atoms with Crippen molar-refractivity contribution in [2.24, 2.45) is 0 Å². The fraction of sp³-hybridized carbons (Fsp3) is 0.571. The average Bonchev–Trinajstić information content (AvgIpc) is 2.28. The average molecular weight is 285 g/mol. The molecule has 0 aliphatic heterocycles. The highest BCUT2D eigenvalue weighted by Gasteiger charge is 2.38. The van der Waals surface area contributed by atoms with E-state index in [1.807, 2.05) is 58.0 Å². The van der Waals surface area contributed by atoms with E-state index in [4.69, 9.17) is 9.05 Å². The third-order valence-corrected chi connectivity index (χ3v) is 5.04. The lowest BCUT2D eigenvalue weighted by atomic mass is 10.2. The van der Waals surface area contributed by atoms with E-state index >= 15 is 0 Å². The topological polar surface area (TPSA) is 47.6 Å². The van der Waals surface area contributed by atoms with Crippen LogP contribution in [0.5, 0.6) is 0 Å². The molecular formula is C14H24NO3P. The molecule has 1 aromatic carbocycles. The van der Waals surface area contributed by atoms with Gasteiger partial charge in [-0.3, -0.25) is 4.57 Å². The van der Waals surface area contributed by atoms with Gasteiger partial charge in [0, 0.05) is 0 Å². The van der Waals surface area contributed by atoms with Crippen LogP contribution in [0.4, 0.5) is 0 Å². The Morgan fingerprint density at radius 2 is 1.47 bits per heavy atom. The third-order valence-electron chi connectivity index (χ3n) is 2.42. The van der Waals surface area contributed by atoms with Crippen molar-refractivity contribution >= 4 is 7.60 Å². The van der Waals surface area contributed by atoms with E-state index in [9.17, 15) is 4.57 Å².